The molecular weight excluding hydrogens is 406 g/mol. The molecular formula is C25H19N3O2S. The Balaban J connectivity index is 1.44. The van der Waals surface area contributed by atoms with Crippen LogP contribution < -0.4 is 10.6 Å². The average Bonchev–Trinajstić information content (AvgIpc) is 2.82. The standard InChI is InChI=1S/C25H19N3O2S/c29-24(18-8-2-1-3-9-18)27-21-10-4-5-11-22(21)28-25(30)19-13-15-20(16-14-19)31-23-12-6-7-17-26-23/h1-17H,(H,27,29)(H,28,30). The molecule has 31 heavy (non-hydrogen) atoms. The highest BCUT2D eigenvalue weighted by Gasteiger charge is 2.12. The number of benzene rings is 3. The van der Waals surface area contributed by atoms with Crippen molar-refractivity contribution >= 4 is 35.0 Å². The lowest BCUT2D eigenvalue weighted by Crippen LogP contribution is -2.16. The third-order valence-corrected chi connectivity index (χ3v) is 5.39. The second kappa shape index (κ2) is 9.73. The molecule has 0 atom stereocenters. The Morgan fingerprint density at radius 1 is 0.613 bits per heavy atom. The van der Waals surface area contributed by atoms with Crippen molar-refractivity contribution in [3.8, 4) is 0 Å². The molecule has 0 bridgehead atoms. The quantitative estimate of drug-likeness (QED) is 0.413. The molecule has 0 spiro atoms. The topological polar surface area (TPSA) is 71.1 Å². The van der Waals surface area contributed by atoms with Crippen LogP contribution in [-0.2, 0) is 0 Å². The van der Waals surface area contributed by atoms with E-state index in [9.17, 15) is 9.59 Å². The molecule has 2 amide bonds. The summed E-state index contributed by atoms with van der Waals surface area (Å²) in [5, 5.41) is 6.63. The fraction of sp³-hybridized carbons (Fsp3) is 0. The first kappa shape index (κ1) is 20.4. The van der Waals surface area contributed by atoms with Gasteiger partial charge in [-0.15, -0.1) is 0 Å². The van der Waals surface area contributed by atoms with Crippen molar-refractivity contribution in [1.29, 1.82) is 0 Å². The van der Waals surface area contributed by atoms with E-state index in [4.69, 9.17) is 0 Å². The highest BCUT2D eigenvalue weighted by Crippen LogP contribution is 2.26. The Hall–Kier alpha value is -3.90. The molecule has 0 aliphatic carbocycles. The van der Waals surface area contributed by atoms with Gasteiger partial charge in [0.2, 0.25) is 0 Å². The van der Waals surface area contributed by atoms with Gasteiger partial charge in [-0.1, -0.05) is 48.2 Å². The van der Waals surface area contributed by atoms with Crippen molar-refractivity contribution in [3.05, 3.63) is 114 Å². The van der Waals surface area contributed by atoms with Gasteiger partial charge in [-0.25, -0.2) is 4.98 Å². The number of anilines is 2. The van der Waals surface area contributed by atoms with E-state index in [2.05, 4.69) is 15.6 Å². The lowest BCUT2D eigenvalue weighted by atomic mass is 10.2. The number of carbonyl (C=O) groups is 2. The van der Waals surface area contributed by atoms with Gasteiger partial charge in [0.25, 0.3) is 11.8 Å². The number of aromatic nitrogens is 1. The van der Waals surface area contributed by atoms with Gasteiger partial charge in [0.1, 0.15) is 5.03 Å². The predicted octanol–water partition coefficient (Wildman–Crippen LogP) is 5.74. The first-order chi connectivity index (χ1) is 15.2. The van der Waals surface area contributed by atoms with E-state index < -0.39 is 0 Å². The van der Waals surface area contributed by atoms with Gasteiger partial charge in [0, 0.05) is 22.2 Å². The largest absolute Gasteiger partial charge is 0.320 e. The predicted molar refractivity (Wildman–Crippen MR) is 124 cm³/mol. The highest BCUT2D eigenvalue weighted by atomic mass is 32.2. The van der Waals surface area contributed by atoms with Gasteiger partial charge in [0.05, 0.1) is 11.4 Å². The summed E-state index contributed by atoms with van der Waals surface area (Å²) in [6.45, 7) is 0. The van der Waals surface area contributed by atoms with Crippen molar-refractivity contribution in [1.82, 2.24) is 4.98 Å². The highest BCUT2D eigenvalue weighted by molar-refractivity contribution is 7.99. The van der Waals surface area contributed by atoms with E-state index in [-0.39, 0.29) is 11.8 Å². The van der Waals surface area contributed by atoms with Gasteiger partial charge in [-0.2, -0.15) is 0 Å². The van der Waals surface area contributed by atoms with Gasteiger partial charge < -0.3 is 10.6 Å². The molecule has 6 heteroatoms. The summed E-state index contributed by atoms with van der Waals surface area (Å²) in [7, 11) is 0. The zero-order valence-electron chi connectivity index (χ0n) is 16.5. The summed E-state index contributed by atoms with van der Waals surface area (Å²) in [6, 6.07) is 29.1. The Morgan fingerprint density at radius 2 is 1.16 bits per heavy atom. The van der Waals surface area contributed by atoms with E-state index in [1.54, 1.807) is 66.9 Å². The first-order valence-electron chi connectivity index (χ1n) is 9.65. The average molecular weight is 426 g/mol. The monoisotopic (exact) mass is 425 g/mol. The zero-order chi connectivity index (χ0) is 21.5. The Bertz CT molecular complexity index is 1180. The van der Waals surface area contributed by atoms with Gasteiger partial charge in [0.15, 0.2) is 0 Å². The van der Waals surface area contributed by atoms with Gasteiger partial charge in [-0.3, -0.25) is 9.59 Å². The molecule has 5 nitrogen and oxygen atoms in total. The van der Waals surface area contributed by atoms with Crippen LogP contribution in [0.2, 0.25) is 0 Å². The lowest BCUT2D eigenvalue weighted by Gasteiger charge is -2.12. The molecule has 2 N–H and O–H groups in total. The van der Waals surface area contributed by atoms with E-state index >= 15 is 0 Å². The SMILES string of the molecule is O=C(Nc1ccccc1NC(=O)c1ccc(Sc2ccccn2)cc1)c1ccccc1. The molecule has 0 aliphatic rings. The number of hydrogen-bond donors (Lipinski definition) is 2. The number of nitrogens with one attached hydrogen (secondary N) is 2. The van der Waals surface area contributed by atoms with Crippen LogP contribution in [0.3, 0.4) is 0 Å². The number of amides is 2. The van der Waals surface area contributed by atoms with Crippen LogP contribution in [-0.4, -0.2) is 16.8 Å². The number of rotatable bonds is 6. The number of pyridine rings is 1. The fourth-order valence-corrected chi connectivity index (χ4v) is 3.66. The summed E-state index contributed by atoms with van der Waals surface area (Å²) < 4.78 is 0. The first-order valence-corrected chi connectivity index (χ1v) is 10.5. The molecule has 3 aromatic carbocycles. The van der Waals surface area contributed by atoms with Crippen molar-refractivity contribution < 1.29 is 9.59 Å². The molecule has 152 valence electrons. The Labute approximate surface area is 184 Å². The minimum atomic E-state index is -0.254. The van der Waals surface area contributed by atoms with Crippen molar-refractivity contribution in [3.63, 3.8) is 0 Å². The van der Waals surface area contributed by atoms with Crippen molar-refractivity contribution in [2.24, 2.45) is 0 Å². The van der Waals surface area contributed by atoms with E-state index in [0.717, 1.165) is 9.92 Å². The molecule has 1 aromatic heterocycles. The summed E-state index contributed by atoms with van der Waals surface area (Å²) >= 11 is 1.53. The van der Waals surface area contributed by atoms with Gasteiger partial charge >= 0.3 is 0 Å². The minimum Gasteiger partial charge on any atom is -0.320 e. The summed E-state index contributed by atoms with van der Waals surface area (Å²) in [6.07, 6.45) is 1.75. The minimum absolute atomic E-state index is 0.238. The smallest absolute Gasteiger partial charge is 0.255 e. The Kier molecular flexibility index (Phi) is 6.40. The number of carbonyl (C=O) groups excluding carboxylic acids is 2. The number of hydrogen-bond acceptors (Lipinski definition) is 4. The summed E-state index contributed by atoms with van der Waals surface area (Å²) in [5.74, 6) is -0.492. The fourth-order valence-electron chi connectivity index (χ4n) is 2.88. The van der Waals surface area contributed by atoms with Crippen LogP contribution in [0.1, 0.15) is 20.7 Å². The molecule has 0 aliphatic heterocycles. The zero-order valence-corrected chi connectivity index (χ0v) is 17.3. The molecule has 0 saturated heterocycles. The summed E-state index contributed by atoms with van der Waals surface area (Å²) in [4.78, 5) is 30.5. The van der Waals surface area contributed by atoms with Crippen LogP contribution in [0.25, 0.3) is 0 Å². The third-order valence-electron chi connectivity index (χ3n) is 4.44. The van der Waals surface area contributed by atoms with E-state index in [1.165, 1.54) is 11.8 Å². The van der Waals surface area contributed by atoms with E-state index in [0.29, 0.717) is 22.5 Å². The molecule has 4 rings (SSSR count). The maximum absolute atomic E-state index is 12.7. The van der Waals surface area contributed by atoms with Crippen molar-refractivity contribution in [2.75, 3.05) is 10.6 Å². The Morgan fingerprint density at radius 3 is 1.74 bits per heavy atom. The second-order valence-electron chi connectivity index (χ2n) is 6.61. The molecule has 1 heterocycles. The molecule has 0 fully saturated rings. The number of para-hydroxylation sites is 2. The molecule has 0 saturated carbocycles. The van der Waals surface area contributed by atoms with Crippen LogP contribution in [0.4, 0.5) is 11.4 Å². The molecule has 4 aromatic rings. The number of nitrogens with zero attached hydrogens (tertiary/aromatic N) is 1. The lowest BCUT2D eigenvalue weighted by molar-refractivity contribution is 0.101. The van der Waals surface area contributed by atoms with Gasteiger partial charge in [-0.05, 0) is 60.7 Å². The van der Waals surface area contributed by atoms with E-state index in [1.807, 2.05) is 36.4 Å². The maximum Gasteiger partial charge on any atom is 0.255 e. The third kappa shape index (κ3) is 5.38. The normalized spacial score (nSPS) is 10.3. The second-order valence-corrected chi connectivity index (χ2v) is 7.71. The van der Waals surface area contributed by atoms with Crippen LogP contribution in [0.5, 0.6) is 0 Å². The maximum atomic E-state index is 12.7. The molecule has 0 radical (unpaired) electrons. The molecule has 0 unspecified atom stereocenters. The van der Waals surface area contributed by atoms with Crippen LogP contribution in [0.15, 0.2) is 113 Å². The van der Waals surface area contributed by atoms with Crippen LogP contribution in [0, 0.1) is 0 Å². The summed E-state index contributed by atoms with van der Waals surface area (Å²) in [5.41, 5.74) is 2.13. The van der Waals surface area contributed by atoms with Crippen molar-refractivity contribution in [2.45, 2.75) is 9.92 Å². The van der Waals surface area contributed by atoms with Crippen LogP contribution >= 0.6 is 11.8 Å².